The van der Waals surface area contributed by atoms with Crippen molar-refractivity contribution in [1.29, 1.82) is 0 Å². The highest BCUT2D eigenvalue weighted by Crippen LogP contribution is 2.49. The van der Waals surface area contributed by atoms with Crippen molar-refractivity contribution in [3.05, 3.63) is 35.4 Å². The summed E-state index contributed by atoms with van der Waals surface area (Å²) in [6.45, 7) is 2.57. The predicted molar refractivity (Wildman–Crippen MR) is 136 cm³/mol. The molecule has 0 radical (unpaired) electrons. The van der Waals surface area contributed by atoms with Crippen LogP contribution in [-0.2, 0) is 24.7 Å². The first-order valence-electron chi connectivity index (χ1n) is 11.5. The topological polar surface area (TPSA) is 110 Å². The Morgan fingerprint density at radius 1 is 1.08 bits per heavy atom. The van der Waals surface area contributed by atoms with Gasteiger partial charge in [0.15, 0.2) is 15.7 Å². The molecule has 5 rings (SSSR count). The van der Waals surface area contributed by atoms with E-state index in [1.807, 2.05) is 0 Å². The van der Waals surface area contributed by atoms with Crippen LogP contribution in [0.15, 0.2) is 38.8 Å². The zero-order valence-corrected chi connectivity index (χ0v) is 23.3. The summed E-state index contributed by atoms with van der Waals surface area (Å²) in [5.74, 6) is -1.73. The molecule has 2 aliphatic rings. The van der Waals surface area contributed by atoms with E-state index in [4.69, 9.17) is 11.6 Å². The standard InChI is InChI=1S/C22H22ClF3N4O5S3/c1-13(2)37(32,33)16-6-7-17(36-16)38(34,35)30-15-5-3-4-14(23)18(15)19(27-30)29-11-10-28(12-21(29)8-9-21)20(31)22(24,25)26/h3-7,13H,8-12H2,1-2H3. The highest BCUT2D eigenvalue weighted by molar-refractivity contribution is 7.95. The maximum Gasteiger partial charge on any atom is 0.471 e. The molecule has 1 saturated carbocycles. The van der Waals surface area contributed by atoms with E-state index in [9.17, 15) is 34.8 Å². The van der Waals surface area contributed by atoms with E-state index in [0.29, 0.717) is 29.6 Å². The molecule has 9 nitrogen and oxygen atoms in total. The molecule has 0 atom stereocenters. The number of anilines is 1. The lowest BCUT2D eigenvalue weighted by Crippen LogP contribution is -2.59. The number of carbonyl (C=O) groups excluding carboxylic acids is 1. The Kier molecular flexibility index (Phi) is 6.32. The van der Waals surface area contributed by atoms with Crippen LogP contribution >= 0.6 is 22.9 Å². The Hall–Kier alpha value is -2.36. The second-order valence-electron chi connectivity index (χ2n) is 9.57. The molecule has 206 valence electrons. The minimum Gasteiger partial charge on any atom is -0.345 e. The third-order valence-corrected chi connectivity index (χ3v) is 12.9. The zero-order valence-electron chi connectivity index (χ0n) is 20.1. The van der Waals surface area contributed by atoms with E-state index in [1.54, 1.807) is 11.0 Å². The molecule has 1 aliphatic carbocycles. The normalized spacial score (nSPS) is 18.1. The number of amides is 1. The number of thiophene rings is 1. The maximum atomic E-state index is 13.7. The van der Waals surface area contributed by atoms with Crippen LogP contribution in [0.25, 0.3) is 10.9 Å². The lowest BCUT2D eigenvalue weighted by Gasteiger charge is -2.42. The first kappa shape index (κ1) is 27.2. The van der Waals surface area contributed by atoms with Crippen molar-refractivity contribution in [3.8, 4) is 0 Å². The van der Waals surface area contributed by atoms with Crippen LogP contribution in [0.4, 0.5) is 19.0 Å². The number of hydrogen-bond acceptors (Lipinski definition) is 8. The molecule has 1 saturated heterocycles. The molecule has 2 aromatic heterocycles. The van der Waals surface area contributed by atoms with Gasteiger partial charge in [-0.05, 0) is 51.0 Å². The van der Waals surface area contributed by atoms with E-state index in [-0.39, 0.29) is 44.4 Å². The van der Waals surface area contributed by atoms with Crippen LogP contribution in [-0.4, -0.2) is 73.4 Å². The quantitative estimate of drug-likeness (QED) is 0.431. The highest BCUT2D eigenvalue weighted by atomic mass is 35.5. The first-order valence-corrected chi connectivity index (χ1v) is 15.7. The van der Waals surface area contributed by atoms with Gasteiger partial charge in [-0.1, -0.05) is 17.7 Å². The molecule has 0 N–H and O–H groups in total. The molecule has 1 aromatic carbocycles. The number of sulfone groups is 1. The third kappa shape index (κ3) is 4.27. The lowest BCUT2D eigenvalue weighted by molar-refractivity contribution is -0.186. The zero-order chi connectivity index (χ0) is 27.8. The molecule has 38 heavy (non-hydrogen) atoms. The minimum atomic E-state index is -4.99. The number of alkyl halides is 3. The van der Waals surface area contributed by atoms with Crippen LogP contribution in [0.1, 0.15) is 26.7 Å². The largest absolute Gasteiger partial charge is 0.471 e. The fourth-order valence-electron chi connectivity index (χ4n) is 4.60. The number of halogens is 4. The van der Waals surface area contributed by atoms with Gasteiger partial charge in [0.05, 0.1) is 26.7 Å². The lowest BCUT2D eigenvalue weighted by atomic mass is 10.1. The van der Waals surface area contributed by atoms with Crippen LogP contribution in [0.3, 0.4) is 0 Å². The van der Waals surface area contributed by atoms with Gasteiger partial charge in [-0.15, -0.1) is 16.4 Å². The molecule has 0 bridgehead atoms. The van der Waals surface area contributed by atoms with Crippen molar-refractivity contribution >= 4 is 65.4 Å². The van der Waals surface area contributed by atoms with Crippen LogP contribution in [0.5, 0.6) is 0 Å². The molecular formula is C22H22ClF3N4O5S3. The smallest absolute Gasteiger partial charge is 0.345 e. The van der Waals surface area contributed by atoms with Crippen molar-refractivity contribution < 1.29 is 34.8 Å². The van der Waals surface area contributed by atoms with Gasteiger partial charge < -0.3 is 9.80 Å². The molecule has 1 amide bonds. The highest BCUT2D eigenvalue weighted by Gasteiger charge is 2.56. The predicted octanol–water partition coefficient (Wildman–Crippen LogP) is 3.91. The second-order valence-corrected chi connectivity index (χ2v) is 15.8. The third-order valence-electron chi connectivity index (χ3n) is 6.81. The SMILES string of the molecule is CC(C)S(=O)(=O)c1ccc(S(=O)(=O)n2nc(N3CCN(C(=O)C(F)(F)F)CC34CC4)c3c(Cl)cccc32)s1. The summed E-state index contributed by atoms with van der Waals surface area (Å²) in [5.41, 5.74) is -0.686. The van der Waals surface area contributed by atoms with Crippen molar-refractivity contribution in [2.45, 2.75) is 52.1 Å². The fraction of sp³-hybridized carbons (Fsp3) is 0.455. The molecule has 3 heterocycles. The Balaban J connectivity index is 1.58. The van der Waals surface area contributed by atoms with Gasteiger partial charge >= 0.3 is 12.1 Å². The van der Waals surface area contributed by atoms with Crippen LogP contribution in [0, 0.1) is 0 Å². The van der Waals surface area contributed by atoms with Gasteiger partial charge in [-0.25, -0.2) is 8.42 Å². The van der Waals surface area contributed by atoms with Crippen LogP contribution < -0.4 is 4.90 Å². The summed E-state index contributed by atoms with van der Waals surface area (Å²) in [6.07, 6.45) is -4.02. The summed E-state index contributed by atoms with van der Waals surface area (Å²) in [6, 6.07) is 7.03. The average Bonchev–Trinajstić information content (AvgIpc) is 3.24. The molecule has 0 unspecified atom stereocenters. The first-order chi connectivity index (χ1) is 17.6. The Morgan fingerprint density at radius 2 is 1.74 bits per heavy atom. The number of benzene rings is 1. The van der Waals surface area contributed by atoms with E-state index >= 15 is 0 Å². The number of aromatic nitrogens is 2. The second kappa shape index (κ2) is 8.83. The van der Waals surface area contributed by atoms with Crippen molar-refractivity contribution in [2.75, 3.05) is 24.5 Å². The van der Waals surface area contributed by atoms with Gasteiger partial charge in [-0.3, -0.25) is 4.79 Å². The molecular weight excluding hydrogens is 589 g/mol. The number of rotatable bonds is 5. The average molecular weight is 611 g/mol. The van der Waals surface area contributed by atoms with Gasteiger partial charge in [0.2, 0.25) is 0 Å². The van der Waals surface area contributed by atoms with Crippen molar-refractivity contribution in [3.63, 3.8) is 0 Å². The number of piperazine rings is 1. The summed E-state index contributed by atoms with van der Waals surface area (Å²) in [5, 5.41) is 4.13. The Bertz CT molecular complexity index is 1660. The summed E-state index contributed by atoms with van der Waals surface area (Å²) in [4.78, 5) is 14.4. The van der Waals surface area contributed by atoms with Gasteiger partial charge in [0.25, 0.3) is 10.0 Å². The number of nitrogens with zero attached hydrogens (tertiary/aromatic N) is 4. The van der Waals surface area contributed by atoms with E-state index in [2.05, 4.69) is 5.10 Å². The Labute approximate surface area is 225 Å². The van der Waals surface area contributed by atoms with E-state index in [1.165, 1.54) is 38.1 Å². The summed E-state index contributed by atoms with van der Waals surface area (Å²) in [7, 11) is -8.07. The van der Waals surface area contributed by atoms with Gasteiger partial charge in [-0.2, -0.15) is 25.7 Å². The summed E-state index contributed by atoms with van der Waals surface area (Å²) < 4.78 is 92.1. The fourth-order valence-corrected chi connectivity index (χ4v) is 9.43. The van der Waals surface area contributed by atoms with Crippen molar-refractivity contribution in [2.24, 2.45) is 0 Å². The summed E-state index contributed by atoms with van der Waals surface area (Å²) >= 11 is 7.09. The van der Waals surface area contributed by atoms with E-state index < -0.39 is 42.7 Å². The van der Waals surface area contributed by atoms with E-state index in [0.717, 1.165) is 8.99 Å². The molecule has 1 aliphatic heterocycles. The van der Waals surface area contributed by atoms with Gasteiger partial charge in [0.1, 0.15) is 8.42 Å². The minimum absolute atomic E-state index is 0.00497. The number of hydrogen-bond donors (Lipinski definition) is 0. The molecule has 3 aromatic rings. The Morgan fingerprint density at radius 3 is 2.34 bits per heavy atom. The van der Waals surface area contributed by atoms with Gasteiger partial charge in [0, 0.05) is 19.6 Å². The number of fused-ring (bicyclic) bond motifs is 1. The monoisotopic (exact) mass is 610 g/mol. The molecule has 1 spiro atoms. The molecule has 2 fully saturated rings. The van der Waals surface area contributed by atoms with Crippen molar-refractivity contribution in [1.82, 2.24) is 14.1 Å². The maximum absolute atomic E-state index is 13.7. The van der Waals surface area contributed by atoms with Crippen LogP contribution in [0.2, 0.25) is 5.02 Å². The molecule has 16 heteroatoms. The number of carbonyl (C=O) groups is 1.